The van der Waals surface area contributed by atoms with Gasteiger partial charge < -0.3 is 15.4 Å². The average molecular weight is 285 g/mol. The van der Waals surface area contributed by atoms with E-state index in [1.54, 1.807) is 0 Å². The Hall–Kier alpha value is -0.650. The van der Waals surface area contributed by atoms with Gasteiger partial charge in [-0.05, 0) is 18.9 Å². The SMILES string of the molecule is CCNCCC(=O)NCC(CC(C)C)N1CCOCC1. The summed E-state index contributed by atoms with van der Waals surface area (Å²) < 4.78 is 5.41. The van der Waals surface area contributed by atoms with Crippen LogP contribution >= 0.6 is 0 Å². The van der Waals surface area contributed by atoms with Gasteiger partial charge in [0.1, 0.15) is 0 Å². The molecule has 5 heteroatoms. The molecule has 1 unspecified atom stereocenters. The molecule has 0 radical (unpaired) electrons. The number of nitrogens with one attached hydrogen (secondary N) is 2. The molecule has 1 amide bonds. The first kappa shape index (κ1) is 17.4. The fourth-order valence-electron chi connectivity index (χ4n) is 2.55. The lowest BCUT2D eigenvalue weighted by molar-refractivity contribution is -0.121. The third kappa shape index (κ3) is 7.22. The van der Waals surface area contributed by atoms with Crippen molar-refractivity contribution in [2.75, 3.05) is 45.9 Å². The number of amides is 1. The van der Waals surface area contributed by atoms with Crippen LogP contribution in [0.3, 0.4) is 0 Å². The Labute approximate surface area is 123 Å². The van der Waals surface area contributed by atoms with Crippen LogP contribution in [0.25, 0.3) is 0 Å². The van der Waals surface area contributed by atoms with Crippen LogP contribution < -0.4 is 10.6 Å². The lowest BCUT2D eigenvalue weighted by Gasteiger charge is -2.35. The maximum Gasteiger partial charge on any atom is 0.221 e. The highest BCUT2D eigenvalue weighted by Crippen LogP contribution is 2.12. The quantitative estimate of drug-likeness (QED) is 0.617. The third-order valence-corrected chi connectivity index (χ3v) is 3.62. The Morgan fingerprint density at radius 1 is 1.30 bits per heavy atom. The highest BCUT2D eigenvalue weighted by atomic mass is 16.5. The molecule has 1 heterocycles. The zero-order valence-electron chi connectivity index (χ0n) is 13.3. The minimum atomic E-state index is 0.146. The molecule has 0 bridgehead atoms. The van der Waals surface area contributed by atoms with Crippen LogP contribution in [0.4, 0.5) is 0 Å². The molecular formula is C15H31N3O2. The first-order valence-corrected chi connectivity index (χ1v) is 7.92. The molecule has 0 saturated carbocycles. The Morgan fingerprint density at radius 2 is 2.00 bits per heavy atom. The van der Waals surface area contributed by atoms with Crippen LogP contribution in [0.5, 0.6) is 0 Å². The zero-order chi connectivity index (χ0) is 14.8. The summed E-state index contributed by atoms with van der Waals surface area (Å²) in [7, 11) is 0. The van der Waals surface area contributed by atoms with E-state index in [1.165, 1.54) is 0 Å². The minimum Gasteiger partial charge on any atom is -0.379 e. The summed E-state index contributed by atoms with van der Waals surface area (Å²) in [5, 5.41) is 6.26. The molecule has 0 aromatic rings. The van der Waals surface area contributed by atoms with Gasteiger partial charge in [0.25, 0.3) is 0 Å². The molecule has 0 spiro atoms. The van der Waals surface area contributed by atoms with Crippen LogP contribution in [-0.2, 0) is 9.53 Å². The van der Waals surface area contributed by atoms with E-state index in [4.69, 9.17) is 4.74 Å². The van der Waals surface area contributed by atoms with Crippen LogP contribution in [0.2, 0.25) is 0 Å². The van der Waals surface area contributed by atoms with Crippen molar-refractivity contribution in [1.29, 1.82) is 0 Å². The van der Waals surface area contributed by atoms with E-state index in [0.717, 1.165) is 52.4 Å². The maximum atomic E-state index is 11.8. The predicted octanol–water partition coefficient (Wildman–Crippen LogP) is 0.849. The van der Waals surface area contributed by atoms with Gasteiger partial charge in [0.05, 0.1) is 13.2 Å². The molecule has 0 aliphatic carbocycles. The van der Waals surface area contributed by atoms with E-state index in [9.17, 15) is 4.79 Å². The molecule has 0 aromatic heterocycles. The monoisotopic (exact) mass is 285 g/mol. The fourth-order valence-corrected chi connectivity index (χ4v) is 2.55. The highest BCUT2D eigenvalue weighted by molar-refractivity contribution is 5.76. The van der Waals surface area contributed by atoms with Gasteiger partial charge in [-0.1, -0.05) is 20.8 Å². The van der Waals surface area contributed by atoms with Crippen molar-refractivity contribution in [3.05, 3.63) is 0 Å². The van der Waals surface area contributed by atoms with E-state index >= 15 is 0 Å². The van der Waals surface area contributed by atoms with Crippen molar-refractivity contribution in [2.24, 2.45) is 5.92 Å². The molecule has 20 heavy (non-hydrogen) atoms. The van der Waals surface area contributed by atoms with Crippen molar-refractivity contribution in [3.8, 4) is 0 Å². The van der Waals surface area contributed by atoms with Crippen LogP contribution in [0, 0.1) is 5.92 Å². The van der Waals surface area contributed by atoms with Crippen molar-refractivity contribution >= 4 is 5.91 Å². The lowest BCUT2D eigenvalue weighted by atomic mass is 10.0. The lowest BCUT2D eigenvalue weighted by Crippen LogP contribution is -2.49. The maximum absolute atomic E-state index is 11.8. The van der Waals surface area contributed by atoms with Crippen molar-refractivity contribution < 1.29 is 9.53 Å². The van der Waals surface area contributed by atoms with Crippen LogP contribution in [0.15, 0.2) is 0 Å². The van der Waals surface area contributed by atoms with Gasteiger partial charge in [-0.3, -0.25) is 9.69 Å². The number of morpholine rings is 1. The second-order valence-corrected chi connectivity index (χ2v) is 5.84. The molecule has 1 fully saturated rings. The number of hydrogen-bond donors (Lipinski definition) is 2. The summed E-state index contributed by atoms with van der Waals surface area (Å²) in [6.07, 6.45) is 1.68. The van der Waals surface area contributed by atoms with E-state index < -0.39 is 0 Å². The van der Waals surface area contributed by atoms with Gasteiger partial charge in [-0.25, -0.2) is 0 Å². The number of carbonyl (C=O) groups excluding carboxylic acids is 1. The van der Waals surface area contributed by atoms with E-state index in [-0.39, 0.29) is 5.91 Å². The normalized spacial score (nSPS) is 18.2. The molecule has 1 rings (SSSR count). The average Bonchev–Trinajstić information content (AvgIpc) is 2.44. The molecule has 2 N–H and O–H groups in total. The minimum absolute atomic E-state index is 0.146. The molecule has 1 aliphatic rings. The zero-order valence-corrected chi connectivity index (χ0v) is 13.3. The van der Waals surface area contributed by atoms with Crippen molar-refractivity contribution in [1.82, 2.24) is 15.5 Å². The first-order valence-electron chi connectivity index (χ1n) is 7.92. The number of nitrogens with zero attached hydrogens (tertiary/aromatic N) is 1. The Bertz CT molecular complexity index is 266. The van der Waals surface area contributed by atoms with Crippen molar-refractivity contribution in [3.63, 3.8) is 0 Å². The predicted molar refractivity (Wildman–Crippen MR) is 81.8 cm³/mol. The summed E-state index contributed by atoms with van der Waals surface area (Å²) >= 11 is 0. The molecule has 0 aromatic carbocycles. The molecule has 118 valence electrons. The Balaban J connectivity index is 2.33. The van der Waals surface area contributed by atoms with Crippen molar-refractivity contribution in [2.45, 2.75) is 39.7 Å². The molecule has 5 nitrogen and oxygen atoms in total. The van der Waals surface area contributed by atoms with Crippen LogP contribution in [-0.4, -0.2) is 62.8 Å². The molecule has 1 atom stereocenters. The summed E-state index contributed by atoms with van der Waals surface area (Å²) in [6, 6.07) is 0.432. The van der Waals surface area contributed by atoms with Gasteiger partial charge in [0.2, 0.25) is 5.91 Å². The van der Waals surface area contributed by atoms with Gasteiger partial charge in [-0.2, -0.15) is 0 Å². The summed E-state index contributed by atoms with van der Waals surface area (Å²) in [5.74, 6) is 0.787. The second kappa shape index (κ2) is 10.1. The van der Waals surface area contributed by atoms with E-state index in [1.807, 2.05) is 0 Å². The molecule has 1 aliphatic heterocycles. The third-order valence-electron chi connectivity index (χ3n) is 3.62. The summed E-state index contributed by atoms with van der Waals surface area (Å²) in [6.45, 7) is 12.5. The topological polar surface area (TPSA) is 53.6 Å². The number of carbonyl (C=O) groups is 1. The van der Waals surface area contributed by atoms with E-state index in [2.05, 4.69) is 36.3 Å². The first-order chi connectivity index (χ1) is 9.63. The Morgan fingerprint density at radius 3 is 2.60 bits per heavy atom. The molecular weight excluding hydrogens is 254 g/mol. The van der Waals surface area contributed by atoms with E-state index in [0.29, 0.717) is 18.4 Å². The summed E-state index contributed by atoms with van der Waals surface area (Å²) in [4.78, 5) is 14.2. The highest BCUT2D eigenvalue weighted by Gasteiger charge is 2.22. The fraction of sp³-hybridized carbons (Fsp3) is 0.933. The Kier molecular flexibility index (Phi) is 8.82. The van der Waals surface area contributed by atoms with Gasteiger partial charge in [0, 0.05) is 38.6 Å². The largest absolute Gasteiger partial charge is 0.379 e. The number of rotatable bonds is 9. The van der Waals surface area contributed by atoms with Gasteiger partial charge in [0.15, 0.2) is 0 Å². The van der Waals surface area contributed by atoms with Gasteiger partial charge >= 0.3 is 0 Å². The van der Waals surface area contributed by atoms with Crippen LogP contribution in [0.1, 0.15) is 33.6 Å². The second-order valence-electron chi connectivity index (χ2n) is 5.84. The number of ether oxygens (including phenoxy) is 1. The van der Waals surface area contributed by atoms with Gasteiger partial charge in [-0.15, -0.1) is 0 Å². The summed E-state index contributed by atoms with van der Waals surface area (Å²) in [5.41, 5.74) is 0. The number of hydrogen-bond acceptors (Lipinski definition) is 4. The molecule has 1 saturated heterocycles. The smallest absolute Gasteiger partial charge is 0.221 e. The standard InChI is InChI=1S/C15H31N3O2/c1-4-16-6-5-15(19)17-12-14(11-13(2)3)18-7-9-20-10-8-18/h13-14,16H,4-12H2,1-3H3,(H,17,19).